The monoisotopic (exact) mass is 257 g/mol. The van der Waals surface area contributed by atoms with E-state index in [1.165, 1.54) is 0 Å². The van der Waals surface area contributed by atoms with Crippen LogP contribution in [0.15, 0.2) is 0 Å². The second-order valence-corrected chi connectivity index (χ2v) is 5.58. The molecule has 0 saturated carbocycles. The highest BCUT2D eigenvalue weighted by Crippen LogP contribution is 2.13. The summed E-state index contributed by atoms with van der Waals surface area (Å²) in [6.07, 6.45) is 1.82. The van der Waals surface area contributed by atoms with Crippen molar-refractivity contribution in [1.82, 2.24) is 10.2 Å². The van der Waals surface area contributed by atoms with Crippen molar-refractivity contribution in [2.75, 3.05) is 26.2 Å². The van der Waals surface area contributed by atoms with Gasteiger partial charge in [0.2, 0.25) is 5.91 Å². The van der Waals surface area contributed by atoms with Crippen LogP contribution in [0.25, 0.3) is 0 Å². The van der Waals surface area contributed by atoms with Gasteiger partial charge in [-0.25, -0.2) is 0 Å². The highest BCUT2D eigenvalue weighted by atomic mass is 16.4. The summed E-state index contributed by atoms with van der Waals surface area (Å²) >= 11 is 0. The van der Waals surface area contributed by atoms with E-state index in [0.717, 1.165) is 25.9 Å². The van der Waals surface area contributed by atoms with Crippen LogP contribution in [-0.4, -0.2) is 54.1 Å². The third-order valence-electron chi connectivity index (χ3n) is 3.31. The fraction of sp³-hybridized carbons (Fsp3) is 0.833. The smallest absolute Gasteiger partial charge is 0.310 e. The van der Waals surface area contributed by atoms with Gasteiger partial charge < -0.3 is 16.2 Å². The molecule has 0 aromatic rings. The molecule has 18 heavy (non-hydrogen) atoms. The van der Waals surface area contributed by atoms with Crippen LogP contribution in [0.4, 0.5) is 0 Å². The third kappa shape index (κ3) is 4.62. The van der Waals surface area contributed by atoms with Crippen molar-refractivity contribution in [2.24, 2.45) is 11.1 Å². The Morgan fingerprint density at radius 1 is 1.39 bits per heavy atom. The first-order valence-electron chi connectivity index (χ1n) is 6.29. The van der Waals surface area contributed by atoms with Gasteiger partial charge in [-0.15, -0.1) is 0 Å². The molecular formula is C12H23N3O3. The lowest BCUT2D eigenvalue weighted by atomic mass is 9.94. The number of rotatable bonds is 5. The molecule has 0 aromatic heterocycles. The zero-order chi connectivity index (χ0) is 13.8. The van der Waals surface area contributed by atoms with E-state index in [4.69, 9.17) is 10.8 Å². The fourth-order valence-corrected chi connectivity index (χ4v) is 1.77. The summed E-state index contributed by atoms with van der Waals surface area (Å²) in [5.74, 6) is -1.04. The maximum Gasteiger partial charge on any atom is 0.310 e. The largest absolute Gasteiger partial charge is 0.481 e. The Morgan fingerprint density at radius 2 is 1.94 bits per heavy atom. The molecule has 1 saturated heterocycles. The van der Waals surface area contributed by atoms with Gasteiger partial charge >= 0.3 is 5.97 Å². The number of carboxylic acid groups (broad SMARTS) is 1. The minimum Gasteiger partial charge on any atom is -0.481 e. The molecule has 0 aliphatic carbocycles. The first-order chi connectivity index (χ1) is 8.31. The lowest BCUT2D eigenvalue weighted by Gasteiger charge is -2.29. The van der Waals surface area contributed by atoms with Crippen LogP contribution in [0.3, 0.4) is 0 Å². The minimum absolute atomic E-state index is 0.125. The number of nitrogens with two attached hydrogens (primary N) is 1. The number of nitrogens with zero attached hydrogens (tertiary/aromatic N) is 1. The molecule has 1 aliphatic rings. The van der Waals surface area contributed by atoms with E-state index in [0.29, 0.717) is 6.54 Å². The first kappa shape index (κ1) is 14.9. The molecule has 6 nitrogen and oxygen atoms in total. The number of carboxylic acids is 1. The molecule has 6 heteroatoms. The van der Waals surface area contributed by atoms with Crippen molar-refractivity contribution in [2.45, 2.75) is 32.7 Å². The molecule has 1 fully saturated rings. The predicted molar refractivity (Wildman–Crippen MR) is 68.1 cm³/mol. The van der Waals surface area contributed by atoms with E-state index in [1.54, 1.807) is 13.8 Å². The summed E-state index contributed by atoms with van der Waals surface area (Å²) in [5, 5.41) is 11.6. The molecule has 1 rings (SSSR count). The van der Waals surface area contributed by atoms with Crippen LogP contribution >= 0.6 is 0 Å². The van der Waals surface area contributed by atoms with Crippen molar-refractivity contribution in [3.63, 3.8) is 0 Å². The second-order valence-electron chi connectivity index (χ2n) is 5.58. The highest BCUT2D eigenvalue weighted by molar-refractivity contribution is 5.80. The number of nitrogens with one attached hydrogen (secondary N) is 1. The van der Waals surface area contributed by atoms with Gasteiger partial charge in [-0.1, -0.05) is 0 Å². The molecule has 0 spiro atoms. The first-order valence-corrected chi connectivity index (χ1v) is 6.29. The van der Waals surface area contributed by atoms with Crippen molar-refractivity contribution in [1.29, 1.82) is 0 Å². The predicted octanol–water partition coefficient (Wildman–Crippen LogP) is -0.363. The quantitative estimate of drug-likeness (QED) is 0.625. The summed E-state index contributed by atoms with van der Waals surface area (Å²) < 4.78 is 0. The van der Waals surface area contributed by atoms with Gasteiger partial charge in [0, 0.05) is 25.7 Å². The Morgan fingerprint density at radius 3 is 2.44 bits per heavy atom. The average Bonchev–Trinajstić information content (AvgIpc) is 2.29. The molecule has 4 N–H and O–H groups in total. The molecule has 0 aromatic carbocycles. The normalized spacial score (nSPS) is 18.6. The van der Waals surface area contributed by atoms with Crippen molar-refractivity contribution in [3.8, 4) is 0 Å². The zero-order valence-corrected chi connectivity index (χ0v) is 11.1. The average molecular weight is 257 g/mol. The van der Waals surface area contributed by atoms with Gasteiger partial charge in [0.05, 0.1) is 12.0 Å². The van der Waals surface area contributed by atoms with Gasteiger partial charge in [0.15, 0.2) is 0 Å². The number of carbonyl (C=O) groups is 2. The van der Waals surface area contributed by atoms with Crippen LogP contribution in [0, 0.1) is 5.41 Å². The fourth-order valence-electron chi connectivity index (χ4n) is 1.77. The van der Waals surface area contributed by atoms with E-state index in [-0.39, 0.29) is 18.5 Å². The minimum atomic E-state index is -0.931. The summed E-state index contributed by atoms with van der Waals surface area (Å²) in [5.41, 5.74) is 4.85. The lowest BCUT2D eigenvalue weighted by molar-refractivity contribution is -0.146. The Hall–Kier alpha value is -1.14. The van der Waals surface area contributed by atoms with Gasteiger partial charge in [0.1, 0.15) is 0 Å². The Kier molecular flexibility index (Phi) is 5.10. The molecule has 1 heterocycles. The number of amides is 1. The molecule has 0 bridgehead atoms. The van der Waals surface area contributed by atoms with Gasteiger partial charge in [-0.3, -0.25) is 14.5 Å². The molecular weight excluding hydrogens is 234 g/mol. The van der Waals surface area contributed by atoms with Crippen LogP contribution in [-0.2, 0) is 9.59 Å². The topological polar surface area (TPSA) is 95.7 Å². The van der Waals surface area contributed by atoms with Gasteiger partial charge in [0.25, 0.3) is 0 Å². The van der Waals surface area contributed by atoms with Gasteiger partial charge in [-0.2, -0.15) is 0 Å². The highest BCUT2D eigenvalue weighted by Gasteiger charge is 2.28. The molecule has 104 valence electrons. The maximum atomic E-state index is 11.7. The number of hydrogen-bond donors (Lipinski definition) is 3. The molecule has 0 atom stereocenters. The summed E-state index contributed by atoms with van der Waals surface area (Å²) in [6.45, 7) is 5.32. The Bertz CT molecular complexity index is 310. The molecule has 0 radical (unpaired) electrons. The number of aliphatic carboxylic acids is 1. The van der Waals surface area contributed by atoms with E-state index in [1.807, 2.05) is 4.90 Å². The summed E-state index contributed by atoms with van der Waals surface area (Å²) in [6, 6.07) is 0.246. The van der Waals surface area contributed by atoms with Crippen molar-refractivity contribution >= 4 is 11.9 Å². The Balaban J connectivity index is 2.28. The van der Waals surface area contributed by atoms with Gasteiger partial charge in [-0.05, 0) is 26.7 Å². The van der Waals surface area contributed by atoms with Crippen molar-refractivity contribution < 1.29 is 14.7 Å². The van der Waals surface area contributed by atoms with E-state index >= 15 is 0 Å². The van der Waals surface area contributed by atoms with E-state index in [9.17, 15) is 9.59 Å². The Labute approximate surface area is 108 Å². The lowest BCUT2D eigenvalue weighted by Crippen LogP contribution is -2.46. The zero-order valence-electron chi connectivity index (χ0n) is 11.1. The number of likely N-dealkylation sites (tertiary alicyclic amines) is 1. The van der Waals surface area contributed by atoms with E-state index in [2.05, 4.69) is 5.32 Å². The molecule has 1 aliphatic heterocycles. The SMILES string of the molecule is CC(C)(CNC(=O)CN1CCC(N)CC1)C(=O)O. The third-order valence-corrected chi connectivity index (χ3v) is 3.31. The van der Waals surface area contributed by atoms with Crippen LogP contribution in [0.1, 0.15) is 26.7 Å². The van der Waals surface area contributed by atoms with Crippen LogP contribution < -0.4 is 11.1 Å². The number of piperidine rings is 1. The summed E-state index contributed by atoms with van der Waals surface area (Å²) in [4.78, 5) is 24.6. The number of carbonyl (C=O) groups excluding carboxylic acids is 1. The number of hydrogen-bond acceptors (Lipinski definition) is 4. The second kappa shape index (κ2) is 6.15. The summed E-state index contributed by atoms with van der Waals surface area (Å²) in [7, 11) is 0. The van der Waals surface area contributed by atoms with Crippen LogP contribution in [0.5, 0.6) is 0 Å². The van der Waals surface area contributed by atoms with Crippen molar-refractivity contribution in [3.05, 3.63) is 0 Å². The molecule has 0 unspecified atom stereocenters. The standard InChI is InChI=1S/C12H23N3O3/c1-12(2,11(17)18)8-14-10(16)7-15-5-3-9(13)4-6-15/h9H,3-8,13H2,1-2H3,(H,14,16)(H,17,18). The van der Waals surface area contributed by atoms with E-state index < -0.39 is 11.4 Å². The van der Waals surface area contributed by atoms with Crippen LogP contribution in [0.2, 0.25) is 0 Å². The molecule has 1 amide bonds. The maximum absolute atomic E-state index is 11.7.